The predicted octanol–water partition coefficient (Wildman–Crippen LogP) is 0.835. The summed E-state index contributed by atoms with van der Waals surface area (Å²) in [6.07, 6.45) is 4.95. The van der Waals surface area contributed by atoms with Gasteiger partial charge < -0.3 is 19.5 Å². The van der Waals surface area contributed by atoms with Crippen molar-refractivity contribution in [2.24, 2.45) is 0 Å². The zero-order valence-electron chi connectivity index (χ0n) is 11.0. The molecule has 6 heteroatoms. The fourth-order valence-electron chi connectivity index (χ4n) is 2.09. The Morgan fingerprint density at radius 3 is 2.63 bits per heavy atom. The molecule has 0 saturated carbocycles. The Morgan fingerprint density at radius 1 is 1.32 bits per heavy atom. The fourth-order valence-corrected chi connectivity index (χ4v) is 2.09. The van der Waals surface area contributed by atoms with E-state index in [1.165, 1.54) is 7.11 Å². The van der Waals surface area contributed by atoms with Crippen molar-refractivity contribution in [2.45, 2.75) is 25.4 Å². The van der Waals surface area contributed by atoms with Crippen LogP contribution in [0.25, 0.3) is 0 Å². The molecule has 0 aliphatic carbocycles. The molecule has 2 heterocycles. The Bertz CT molecular complexity index is 424. The largest absolute Gasteiger partial charge is 0.453 e. The Balaban J connectivity index is 1.57. The van der Waals surface area contributed by atoms with E-state index in [9.17, 15) is 9.59 Å². The number of carbonyl (C=O) groups is 2. The summed E-state index contributed by atoms with van der Waals surface area (Å²) in [5.41, 5.74) is 0. The van der Waals surface area contributed by atoms with E-state index in [1.54, 1.807) is 4.90 Å². The Kier molecular flexibility index (Phi) is 4.43. The molecule has 0 bridgehead atoms. The molecule has 0 aromatic carbocycles. The molecule has 1 aliphatic heterocycles. The van der Waals surface area contributed by atoms with Crippen LogP contribution in [0.2, 0.25) is 0 Å². The minimum absolute atomic E-state index is 0.0432. The van der Waals surface area contributed by atoms with E-state index in [4.69, 9.17) is 0 Å². The van der Waals surface area contributed by atoms with Crippen molar-refractivity contribution in [1.82, 2.24) is 14.8 Å². The summed E-state index contributed by atoms with van der Waals surface area (Å²) in [6.45, 7) is 1.92. The number of likely N-dealkylation sites (tertiary alicyclic amines) is 1. The van der Waals surface area contributed by atoms with Crippen LogP contribution in [0, 0.1) is 0 Å². The molecule has 1 aliphatic rings. The van der Waals surface area contributed by atoms with Gasteiger partial charge in [-0.25, -0.2) is 4.79 Å². The average molecular weight is 265 g/mol. The maximum atomic E-state index is 11.7. The van der Waals surface area contributed by atoms with Crippen molar-refractivity contribution in [3.8, 4) is 0 Å². The van der Waals surface area contributed by atoms with E-state index in [0.717, 1.165) is 13.0 Å². The quantitative estimate of drug-likeness (QED) is 0.858. The molecular weight excluding hydrogens is 246 g/mol. The SMILES string of the molecule is COC(=O)N1CC(NC(=O)CCCn2cccc2)C1. The maximum Gasteiger partial charge on any atom is 0.409 e. The van der Waals surface area contributed by atoms with E-state index in [-0.39, 0.29) is 18.0 Å². The molecule has 104 valence electrons. The third-order valence-corrected chi connectivity index (χ3v) is 3.17. The number of rotatable bonds is 5. The Hall–Kier alpha value is -1.98. The highest BCUT2D eigenvalue weighted by molar-refractivity contribution is 5.77. The number of aromatic nitrogens is 1. The second kappa shape index (κ2) is 6.26. The molecule has 1 aromatic heterocycles. The van der Waals surface area contributed by atoms with Crippen LogP contribution in [0.5, 0.6) is 0 Å². The third-order valence-electron chi connectivity index (χ3n) is 3.17. The molecule has 19 heavy (non-hydrogen) atoms. The van der Waals surface area contributed by atoms with Crippen molar-refractivity contribution in [1.29, 1.82) is 0 Å². The lowest BCUT2D eigenvalue weighted by molar-refractivity contribution is -0.122. The van der Waals surface area contributed by atoms with Crippen molar-refractivity contribution >= 4 is 12.0 Å². The van der Waals surface area contributed by atoms with Gasteiger partial charge in [-0.05, 0) is 18.6 Å². The first-order valence-electron chi connectivity index (χ1n) is 6.42. The van der Waals surface area contributed by atoms with E-state index in [0.29, 0.717) is 19.5 Å². The molecule has 1 fully saturated rings. The van der Waals surface area contributed by atoms with Crippen LogP contribution in [-0.2, 0) is 16.1 Å². The van der Waals surface area contributed by atoms with Gasteiger partial charge in [0.2, 0.25) is 5.91 Å². The highest BCUT2D eigenvalue weighted by atomic mass is 16.5. The number of amides is 2. The molecule has 2 amide bonds. The summed E-state index contributed by atoms with van der Waals surface area (Å²) in [5, 5.41) is 2.91. The predicted molar refractivity (Wildman–Crippen MR) is 69.6 cm³/mol. The second-order valence-corrected chi connectivity index (χ2v) is 4.66. The first-order valence-corrected chi connectivity index (χ1v) is 6.42. The molecule has 0 spiro atoms. The lowest BCUT2D eigenvalue weighted by Gasteiger charge is -2.38. The van der Waals surface area contributed by atoms with Crippen molar-refractivity contribution in [2.75, 3.05) is 20.2 Å². The smallest absolute Gasteiger partial charge is 0.409 e. The van der Waals surface area contributed by atoms with Gasteiger partial charge in [0.05, 0.1) is 13.2 Å². The summed E-state index contributed by atoms with van der Waals surface area (Å²) in [5.74, 6) is 0.0432. The van der Waals surface area contributed by atoms with Gasteiger partial charge in [0.1, 0.15) is 0 Å². The van der Waals surface area contributed by atoms with E-state index in [1.807, 2.05) is 24.5 Å². The van der Waals surface area contributed by atoms with Crippen LogP contribution < -0.4 is 5.32 Å². The van der Waals surface area contributed by atoms with Crippen molar-refractivity contribution in [3.63, 3.8) is 0 Å². The van der Waals surface area contributed by atoms with Gasteiger partial charge in [-0.1, -0.05) is 0 Å². The highest BCUT2D eigenvalue weighted by Crippen LogP contribution is 2.09. The van der Waals surface area contributed by atoms with Crippen molar-refractivity contribution < 1.29 is 14.3 Å². The number of hydrogen-bond donors (Lipinski definition) is 1. The normalized spacial score (nSPS) is 14.9. The number of aryl methyl sites for hydroxylation is 1. The summed E-state index contributed by atoms with van der Waals surface area (Å²) in [4.78, 5) is 24.3. The van der Waals surface area contributed by atoms with E-state index in [2.05, 4.69) is 14.6 Å². The lowest BCUT2D eigenvalue weighted by Crippen LogP contribution is -2.60. The van der Waals surface area contributed by atoms with Crippen LogP contribution in [0.15, 0.2) is 24.5 Å². The Labute approximate surface area is 112 Å². The first-order chi connectivity index (χ1) is 9.19. The topological polar surface area (TPSA) is 63.6 Å². The zero-order valence-corrected chi connectivity index (χ0v) is 11.0. The summed E-state index contributed by atoms with van der Waals surface area (Å²) >= 11 is 0. The van der Waals surface area contributed by atoms with Crippen LogP contribution >= 0.6 is 0 Å². The van der Waals surface area contributed by atoms with Crippen LogP contribution in [-0.4, -0.2) is 47.7 Å². The minimum atomic E-state index is -0.335. The summed E-state index contributed by atoms with van der Waals surface area (Å²) in [6, 6.07) is 4.00. The van der Waals surface area contributed by atoms with Crippen molar-refractivity contribution in [3.05, 3.63) is 24.5 Å². The standard InChI is InChI=1S/C13H19N3O3/c1-19-13(18)16-9-11(10-16)14-12(17)5-4-8-15-6-2-3-7-15/h2-3,6-7,11H,4-5,8-10H2,1H3,(H,14,17). The summed E-state index contributed by atoms with van der Waals surface area (Å²) in [7, 11) is 1.36. The number of methoxy groups -OCH3 is 1. The highest BCUT2D eigenvalue weighted by Gasteiger charge is 2.31. The summed E-state index contributed by atoms with van der Waals surface area (Å²) < 4.78 is 6.64. The molecule has 1 N–H and O–H groups in total. The van der Waals surface area contributed by atoms with Crippen LogP contribution in [0.4, 0.5) is 4.79 Å². The number of carbonyl (C=O) groups excluding carboxylic acids is 2. The van der Waals surface area contributed by atoms with Gasteiger partial charge in [-0.3, -0.25) is 4.79 Å². The molecular formula is C13H19N3O3. The van der Waals surface area contributed by atoms with E-state index >= 15 is 0 Å². The molecule has 0 atom stereocenters. The van der Waals surface area contributed by atoms with Crippen LogP contribution in [0.3, 0.4) is 0 Å². The second-order valence-electron chi connectivity index (χ2n) is 4.66. The maximum absolute atomic E-state index is 11.7. The molecule has 1 saturated heterocycles. The Morgan fingerprint density at radius 2 is 2.00 bits per heavy atom. The number of nitrogens with zero attached hydrogens (tertiary/aromatic N) is 2. The average Bonchev–Trinajstić information content (AvgIpc) is 2.85. The fraction of sp³-hybridized carbons (Fsp3) is 0.538. The van der Waals surface area contributed by atoms with E-state index < -0.39 is 0 Å². The third kappa shape index (κ3) is 3.74. The zero-order chi connectivity index (χ0) is 13.7. The number of nitrogens with one attached hydrogen (secondary N) is 1. The lowest BCUT2D eigenvalue weighted by atomic mass is 10.1. The molecule has 2 rings (SSSR count). The monoisotopic (exact) mass is 265 g/mol. The van der Waals surface area contributed by atoms with Gasteiger partial charge >= 0.3 is 6.09 Å². The van der Waals surface area contributed by atoms with Gasteiger partial charge in [-0.15, -0.1) is 0 Å². The molecule has 6 nitrogen and oxygen atoms in total. The molecule has 0 radical (unpaired) electrons. The van der Waals surface area contributed by atoms with Gasteiger partial charge in [-0.2, -0.15) is 0 Å². The van der Waals surface area contributed by atoms with Gasteiger partial charge in [0.25, 0.3) is 0 Å². The van der Waals surface area contributed by atoms with Crippen LogP contribution in [0.1, 0.15) is 12.8 Å². The number of ether oxygens (including phenoxy) is 1. The van der Waals surface area contributed by atoms with Gasteiger partial charge in [0.15, 0.2) is 0 Å². The number of hydrogen-bond acceptors (Lipinski definition) is 3. The molecule has 0 unspecified atom stereocenters. The first kappa shape index (κ1) is 13.5. The minimum Gasteiger partial charge on any atom is -0.453 e. The van der Waals surface area contributed by atoms with Gasteiger partial charge in [0, 0.05) is 38.4 Å². The molecule has 1 aromatic rings.